The molecule has 0 amide bonds. The molecule has 4 atom stereocenters. The molecule has 1 aliphatic rings. The number of nitrogens with two attached hydrogens (primary N) is 1. The number of hydrogen-bond acceptors (Lipinski definition) is 10. The standard InChI is InChI=1S/C16H19N3O7S.C2H6O/c1-9-2-4-10(5-3-9)27(23,24)26-14-11(8-20)25-15(13(14)21)19-7-6-12(17)18-16(19)22;1-2-3/h2-7,11,13-15,20-21H,8H2,1H3,(H2,17,18,22);3H,2H2,1H3/t11-,13-,14-,15-;/m1./s1. The van der Waals surface area contributed by atoms with Gasteiger partial charge in [0.25, 0.3) is 10.1 Å². The van der Waals surface area contributed by atoms with Crippen LogP contribution < -0.4 is 11.4 Å². The maximum absolute atomic E-state index is 12.5. The summed E-state index contributed by atoms with van der Waals surface area (Å²) in [6.45, 7) is 3.11. The van der Waals surface area contributed by atoms with Gasteiger partial charge in [-0.3, -0.25) is 8.75 Å². The summed E-state index contributed by atoms with van der Waals surface area (Å²) in [6, 6.07) is 7.26. The number of rotatable bonds is 5. The van der Waals surface area contributed by atoms with Crippen molar-refractivity contribution in [1.29, 1.82) is 0 Å². The number of aryl methyl sites for hydroxylation is 1. The van der Waals surface area contributed by atoms with Crippen molar-refractivity contribution in [3.8, 4) is 0 Å². The van der Waals surface area contributed by atoms with Crippen molar-refractivity contribution in [2.45, 2.75) is 43.3 Å². The van der Waals surface area contributed by atoms with E-state index in [1.54, 1.807) is 26.0 Å². The molecule has 5 N–H and O–H groups in total. The lowest BCUT2D eigenvalue weighted by Gasteiger charge is -2.19. The number of ether oxygens (including phenoxy) is 1. The van der Waals surface area contributed by atoms with Crippen molar-refractivity contribution in [3.63, 3.8) is 0 Å². The predicted molar refractivity (Wildman–Crippen MR) is 106 cm³/mol. The lowest BCUT2D eigenvalue weighted by Crippen LogP contribution is -2.39. The van der Waals surface area contributed by atoms with Crippen LogP contribution in [0.15, 0.2) is 46.2 Å². The minimum absolute atomic E-state index is 0.0165. The summed E-state index contributed by atoms with van der Waals surface area (Å²) >= 11 is 0. The number of aliphatic hydroxyl groups excluding tert-OH is 3. The molecule has 12 heteroatoms. The van der Waals surface area contributed by atoms with Crippen LogP contribution >= 0.6 is 0 Å². The fourth-order valence-electron chi connectivity index (χ4n) is 2.74. The van der Waals surface area contributed by atoms with E-state index in [1.165, 1.54) is 24.4 Å². The Morgan fingerprint density at radius 3 is 2.37 bits per heavy atom. The van der Waals surface area contributed by atoms with Gasteiger partial charge in [0.15, 0.2) is 6.23 Å². The van der Waals surface area contributed by atoms with Gasteiger partial charge in [-0.05, 0) is 32.0 Å². The fraction of sp³-hybridized carbons (Fsp3) is 0.444. The minimum atomic E-state index is -4.23. The average Bonchev–Trinajstić information content (AvgIpc) is 2.98. The Bertz CT molecular complexity index is 993. The molecule has 0 aliphatic carbocycles. The van der Waals surface area contributed by atoms with Gasteiger partial charge in [0.2, 0.25) is 0 Å². The molecule has 1 saturated heterocycles. The van der Waals surface area contributed by atoms with Gasteiger partial charge >= 0.3 is 5.69 Å². The minimum Gasteiger partial charge on any atom is -0.397 e. The summed E-state index contributed by atoms with van der Waals surface area (Å²) in [7, 11) is -4.23. The molecule has 3 rings (SSSR count). The largest absolute Gasteiger partial charge is 0.397 e. The van der Waals surface area contributed by atoms with E-state index in [2.05, 4.69) is 4.98 Å². The first-order valence-electron chi connectivity index (χ1n) is 9.04. The molecule has 0 unspecified atom stereocenters. The van der Waals surface area contributed by atoms with Gasteiger partial charge in [-0.1, -0.05) is 17.7 Å². The first kappa shape index (κ1) is 23.9. The lowest BCUT2D eigenvalue weighted by atomic mass is 10.1. The molecule has 0 saturated carbocycles. The number of nitrogens with zero attached hydrogens (tertiary/aromatic N) is 2. The van der Waals surface area contributed by atoms with E-state index in [0.29, 0.717) is 0 Å². The highest BCUT2D eigenvalue weighted by Crippen LogP contribution is 2.32. The molecule has 2 aromatic rings. The summed E-state index contributed by atoms with van der Waals surface area (Å²) in [5, 5.41) is 27.6. The van der Waals surface area contributed by atoms with Crippen LogP contribution in [0.25, 0.3) is 0 Å². The molecule has 1 aliphatic heterocycles. The van der Waals surface area contributed by atoms with E-state index < -0.39 is 47.0 Å². The molecule has 0 spiro atoms. The van der Waals surface area contributed by atoms with E-state index in [4.69, 9.17) is 19.8 Å². The highest BCUT2D eigenvalue weighted by atomic mass is 32.2. The van der Waals surface area contributed by atoms with Crippen LogP contribution in [0.1, 0.15) is 18.7 Å². The summed E-state index contributed by atoms with van der Waals surface area (Å²) < 4.78 is 36.5. The number of anilines is 1. The van der Waals surface area contributed by atoms with Crippen LogP contribution in [0, 0.1) is 6.92 Å². The second kappa shape index (κ2) is 10.1. The Morgan fingerprint density at radius 1 is 1.23 bits per heavy atom. The molecule has 30 heavy (non-hydrogen) atoms. The second-order valence-corrected chi connectivity index (χ2v) is 8.00. The van der Waals surface area contributed by atoms with E-state index in [0.717, 1.165) is 10.1 Å². The highest BCUT2D eigenvalue weighted by Gasteiger charge is 2.48. The monoisotopic (exact) mass is 443 g/mol. The number of benzene rings is 1. The molecule has 0 bridgehead atoms. The molecule has 1 aromatic heterocycles. The van der Waals surface area contributed by atoms with Crippen molar-refractivity contribution in [2.24, 2.45) is 0 Å². The quantitative estimate of drug-likeness (QED) is 0.426. The Balaban J connectivity index is 0.00000101. The van der Waals surface area contributed by atoms with Crippen LogP contribution in [0.2, 0.25) is 0 Å². The molecule has 1 fully saturated rings. The predicted octanol–water partition coefficient (Wildman–Crippen LogP) is -0.843. The summed E-state index contributed by atoms with van der Waals surface area (Å²) in [6.07, 6.45) is -4.18. The number of aliphatic hydroxyl groups is 3. The Labute approximate surface area is 173 Å². The lowest BCUT2D eigenvalue weighted by molar-refractivity contribution is -0.0542. The molecule has 2 heterocycles. The maximum atomic E-state index is 12.5. The number of aromatic nitrogens is 2. The zero-order valence-electron chi connectivity index (χ0n) is 16.5. The Hall–Kier alpha value is -2.35. The maximum Gasteiger partial charge on any atom is 0.351 e. The van der Waals surface area contributed by atoms with E-state index in [-0.39, 0.29) is 17.3 Å². The van der Waals surface area contributed by atoms with Crippen molar-refractivity contribution in [1.82, 2.24) is 9.55 Å². The summed E-state index contributed by atoms with van der Waals surface area (Å²) in [5.41, 5.74) is 5.50. The molecule has 11 nitrogen and oxygen atoms in total. The van der Waals surface area contributed by atoms with Crippen molar-refractivity contribution in [3.05, 3.63) is 52.6 Å². The van der Waals surface area contributed by atoms with E-state index >= 15 is 0 Å². The van der Waals surface area contributed by atoms with Crippen LogP contribution in [0.3, 0.4) is 0 Å². The normalized spacial score (nSPS) is 23.6. The number of nitrogen functional groups attached to an aromatic ring is 1. The van der Waals surface area contributed by atoms with Gasteiger partial charge in [-0.15, -0.1) is 0 Å². The van der Waals surface area contributed by atoms with Crippen LogP contribution in [0.5, 0.6) is 0 Å². The van der Waals surface area contributed by atoms with Gasteiger partial charge < -0.3 is 25.8 Å². The third-order valence-corrected chi connectivity index (χ3v) is 5.49. The van der Waals surface area contributed by atoms with Crippen LogP contribution in [0.4, 0.5) is 5.82 Å². The smallest absolute Gasteiger partial charge is 0.351 e. The van der Waals surface area contributed by atoms with Crippen molar-refractivity contribution in [2.75, 3.05) is 18.9 Å². The average molecular weight is 443 g/mol. The van der Waals surface area contributed by atoms with E-state index in [9.17, 15) is 23.4 Å². The van der Waals surface area contributed by atoms with Gasteiger partial charge in [0.05, 0.1) is 11.5 Å². The molecular formula is C18H25N3O8S. The van der Waals surface area contributed by atoms with E-state index in [1.807, 2.05) is 0 Å². The topological polar surface area (TPSA) is 174 Å². The SMILES string of the molecule is CCO.Cc1ccc(S(=O)(=O)O[C@H]2[C@@H](O)[C@H](n3ccc(N)nc3=O)O[C@@H]2CO)cc1. The molecule has 166 valence electrons. The Kier molecular flexibility index (Phi) is 8.06. The van der Waals surface area contributed by atoms with Gasteiger partial charge in [-0.2, -0.15) is 13.4 Å². The third kappa shape index (κ3) is 5.41. The zero-order chi connectivity index (χ0) is 22.5. The third-order valence-electron chi connectivity index (χ3n) is 4.16. The summed E-state index contributed by atoms with van der Waals surface area (Å²) in [4.78, 5) is 15.4. The molecule has 0 radical (unpaired) electrons. The van der Waals surface area contributed by atoms with Crippen LogP contribution in [-0.2, 0) is 19.0 Å². The molecular weight excluding hydrogens is 418 g/mol. The Morgan fingerprint density at radius 2 is 1.83 bits per heavy atom. The van der Waals surface area contributed by atoms with Gasteiger partial charge in [0, 0.05) is 12.8 Å². The van der Waals surface area contributed by atoms with Crippen molar-refractivity contribution >= 4 is 15.9 Å². The fourth-order valence-corrected chi connectivity index (χ4v) is 3.85. The van der Waals surface area contributed by atoms with Gasteiger partial charge in [-0.25, -0.2) is 4.79 Å². The second-order valence-electron chi connectivity index (χ2n) is 6.42. The number of hydrogen-bond donors (Lipinski definition) is 4. The first-order chi connectivity index (χ1) is 14.1. The zero-order valence-corrected chi connectivity index (χ0v) is 17.3. The van der Waals surface area contributed by atoms with Crippen LogP contribution in [-0.4, -0.2) is 64.8 Å². The highest BCUT2D eigenvalue weighted by molar-refractivity contribution is 7.86. The van der Waals surface area contributed by atoms with Gasteiger partial charge in [0.1, 0.15) is 24.1 Å². The summed E-state index contributed by atoms with van der Waals surface area (Å²) in [5.74, 6) is -0.0165. The first-order valence-corrected chi connectivity index (χ1v) is 10.4. The molecule has 1 aromatic carbocycles. The van der Waals surface area contributed by atoms with Crippen molar-refractivity contribution < 1.29 is 32.7 Å².